The van der Waals surface area contributed by atoms with Crippen LogP contribution in [0.4, 0.5) is 10.1 Å². The van der Waals surface area contributed by atoms with Crippen molar-refractivity contribution in [3.05, 3.63) is 58.9 Å². The van der Waals surface area contributed by atoms with Gasteiger partial charge in [-0.15, -0.1) is 0 Å². The van der Waals surface area contributed by atoms with E-state index in [0.29, 0.717) is 16.3 Å². The molecule has 0 spiro atoms. The van der Waals surface area contributed by atoms with E-state index >= 15 is 0 Å². The van der Waals surface area contributed by atoms with Crippen LogP contribution in [0.3, 0.4) is 0 Å². The Hall–Kier alpha value is -1.87. The summed E-state index contributed by atoms with van der Waals surface area (Å²) in [6.45, 7) is 0. The van der Waals surface area contributed by atoms with Gasteiger partial charge in [-0.1, -0.05) is 17.7 Å². The Bertz CT molecular complexity index is 569. The van der Waals surface area contributed by atoms with Gasteiger partial charge >= 0.3 is 0 Å². The molecule has 0 saturated heterocycles. The number of hydrogen-bond donors (Lipinski definition) is 1. The Balaban J connectivity index is 2.29. The van der Waals surface area contributed by atoms with Gasteiger partial charge in [0, 0.05) is 16.8 Å². The quantitative estimate of drug-likeness (QED) is 0.804. The van der Waals surface area contributed by atoms with Gasteiger partial charge in [-0.3, -0.25) is 4.99 Å². The number of rotatable bonds is 2. The van der Waals surface area contributed by atoms with Gasteiger partial charge in [-0.05, 0) is 36.4 Å². The van der Waals surface area contributed by atoms with E-state index < -0.39 is 0 Å². The summed E-state index contributed by atoms with van der Waals surface area (Å²) < 4.78 is 12.9. The van der Waals surface area contributed by atoms with Crippen molar-refractivity contribution in [1.29, 1.82) is 0 Å². The van der Waals surface area contributed by atoms with Crippen molar-refractivity contribution >= 4 is 23.5 Å². The van der Waals surface area contributed by atoms with Gasteiger partial charge < -0.3 is 5.11 Å². The second-order valence-electron chi connectivity index (χ2n) is 3.44. The van der Waals surface area contributed by atoms with Crippen molar-refractivity contribution < 1.29 is 9.50 Å². The molecule has 17 heavy (non-hydrogen) atoms. The Morgan fingerprint density at radius 3 is 2.76 bits per heavy atom. The highest BCUT2D eigenvalue weighted by atomic mass is 35.5. The number of aromatic hydroxyl groups is 1. The van der Waals surface area contributed by atoms with E-state index in [9.17, 15) is 9.50 Å². The average Bonchev–Trinajstić information content (AvgIpc) is 2.30. The molecule has 2 rings (SSSR count). The van der Waals surface area contributed by atoms with Crippen molar-refractivity contribution in [2.24, 2.45) is 4.99 Å². The van der Waals surface area contributed by atoms with Gasteiger partial charge in [0.2, 0.25) is 0 Å². The number of benzene rings is 2. The first kappa shape index (κ1) is 11.6. The molecule has 0 aromatic heterocycles. The van der Waals surface area contributed by atoms with E-state index in [2.05, 4.69) is 4.99 Å². The van der Waals surface area contributed by atoms with Crippen LogP contribution < -0.4 is 0 Å². The van der Waals surface area contributed by atoms with Crippen LogP contribution in [-0.2, 0) is 0 Å². The molecule has 0 unspecified atom stereocenters. The molecule has 0 atom stereocenters. The predicted molar refractivity (Wildman–Crippen MR) is 66.8 cm³/mol. The van der Waals surface area contributed by atoms with Crippen molar-refractivity contribution in [3.63, 3.8) is 0 Å². The molecule has 0 aliphatic rings. The van der Waals surface area contributed by atoms with Gasteiger partial charge in [-0.25, -0.2) is 4.39 Å². The van der Waals surface area contributed by atoms with Gasteiger partial charge in [-0.2, -0.15) is 0 Å². The Morgan fingerprint density at radius 2 is 2.00 bits per heavy atom. The fraction of sp³-hybridized carbons (Fsp3) is 0. The second kappa shape index (κ2) is 4.97. The summed E-state index contributed by atoms with van der Waals surface area (Å²) in [5, 5.41) is 10.0. The van der Waals surface area contributed by atoms with Crippen molar-refractivity contribution in [2.75, 3.05) is 0 Å². The van der Waals surface area contributed by atoms with Gasteiger partial charge in [0.1, 0.15) is 11.6 Å². The van der Waals surface area contributed by atoms with Crippen molar-refractivity contribution in [3.8, 4) is 5.75 Å². The summed E-state index contributed by atoms with van der Waals surface area (Å²) in [5.74, 6) is -0.274. The van der Waals surface area contributed by atoms with Crippen LogP contribution in [0, 0.1) is 5.82 Å². The lowest BCUT2D eigenvalue weighted by Crippen LogP contribution is -1.82. The lowest BCUT2D eigenvalue weighted by Gasteiger charge is -1.99. The summed E-state index contributed by atoms with van der Waals surface area (Å²) in [7, 11) is 0. The largest absolute Gasteiger partial charge is 0.507 e. The van der Waals surface area contributed by atoms with Crippen LogP contribution in [-0.4, -0.2) is 11.3 Å². The summed E-state index contributed by atoms with van der Waals surface area (Å²) in [5.41, 5.74) is 0.964. The minimum absolute atomic E-state index is 0.0783. The van der Waals surface area contributed by atoms with Crippen molar-refractivity contribution in [2.45, 2.75) is 0 Å². The lowest BCUT2D eigenvalue weighted by molar-refractivity contribution is 0.474. The molecule has 0 aliphatic carbocycles. The number of nitrogens with zero attached hydrogens (tertiary/aromatic N) is 1. The van der Waals surface area contributed by atoms with Crippen LogP contribution in [0.2, 0.25) is 5.02 Å². The van der Waals surface area contributed by atoms with E-state index in [1.807, 2.05) is 0 Å². The fourth-order valence-corrected chi connectivity index (χ4v) is 1.51. The van der Waals surface area contributed by atoms with E-state index in [1.54, 1.807) is 24.3 Å². The monoisotopic (exact) mass is 249 g/mol. The number of phenols is 1. The standard InChI is InChI=1S/C13H9ClFNO/c14-10-4-5-13(17)9(6-10)8-16-12-3-1-2-11(15)7-12/h1-8,17H. The fourth-order valence-electron chi connectivity index (χ4n) is 1.33. The number of phenolic OH excluding ortho intramolecular Hbond substituents is 1. The van der Waals surface area contributed by atoms with Gasteiger partial charge in [0.15, 0.2) is 0 Å². The number of halogens is 2. The topological polar surface area (TPSA) is 32.6 Å². The molecule has 0 saturated carbocycles. The Labute approximate surface area is 103 Å². The molecule has 0 aliphatic heterocycles. The summed E-state index contributed by atoms with van der Waals surface area (Å²) in [6, 6.07) is 10.5. The smallest absolute Gasteiger partial charge is 0.125 e. The second-order valence-corrected chi connectivity index (χ2v) is 3.88. The Morgan fingerprint density at radius 1 is 1.18 bits per heavy atom. The van der Waals surface area contributed by atoms with Crippen LogP contribution >= 0.6 is 11.6 Å². The third-order valence-electron chi connectivity index (χ3n) is 2.15. The highest BCUT2D eigenvalue weighted by Gasteiger charge is 1.99. The zero-order valence-electron chi connectivity index (χ0n) is 8.77. The van der Waals surface area contributed by atoms with Crippen LogP contribution in [0.1, 0.15) is 5.56 Å². The van der Waals surface area contributed by atoms with Gasteiger partial charge in [0.05, 0.1) is 5.69 Å². The van der Waals surface area contributed by atoms with E-state index in [4.69, 9.17) is 11.6 Å². The average molecular weight is 250 g/mol. The van der Waals surface area contributed by atoms with E-state index in [-0.39, 0.29) is 11.6 Å². The molecule has 0 bridgehead atoms. The number of aliphatic imine (C=N–C) groups is 1. The zero-order valence-corrected chi connectivity index (χ0v) is 9.53. The molecule has 0 heterocycles. The minimum atomic E-state index is -0.352. The molecule has 0 fully saturated rings. The molecule has 4 heteroatoms. The molecule has 0 amide bonds. The maximum Gasteiger partial charge on any atom is 0.125 e. The molecule has 0 radical (unpaired) electrons. The normalized spacial score (nSPS) is 10.9. The molecule has 2 aromatic carbocycles. The first-order chi connectivity index (χ1) is 8.15. The third kappa shape index (κ3) is 3.04. The first-order valence-electron chi connectivity index (χ1n) is 4.93. The first-order valence-corrected chi connectivity index (χ1v) is 5.31. The van der Waals surface area contributed by atoms with Crippen LogP contribution in [0.15, 0.2) is 47.5 Å². The highest BCUT2D eigenvalue weighted by Crippen LogP contribution is 2.21. The zero-order chi connectivity index (χ0) is 12.3. The van der Waals surface area contributed by atoms with E-state index in [1.165, 1.54) is 24.4 Å². The highest BCUT2D eigenvalue weighted by molar-refractivity contribution is 6.30. The molecular formula is C13H9ClFNO. The molecule has 2 aromatic rings. The maximum absolute atomic E-state index is 12.9. The van der Waals surface area contributed by atoms with E-state index in [0.717, 1.165) is 0 Å². The predicted octanol–water partition coefficient (Wildman–Crippen LogP) is 3.94. The van der Waals surface area contributed by atoms with Crippen LogP contribution in [0.25, 0.3) is 0 Å². The maximum atomic E-state index is 12.9. The van der Waals surface area contributed by atoms with Gasteiger partial charge in [0.25, 0.3) is 0 Å². The molecule has 2 nitrogen and oxygen atoms in total. The molecule has 1 N–H and O–H groups in total. The Kier molecular flexibility index (Phi) is 3.40. The van der Waals surface area contributed by atoms with Crippen molar-refractivity contribution in [1.82, 2.24) is 0 Å². The number of hydrogen-bond acceptors (Lipinski definition) is 2. The third-order valence-corrected chi connectivity index (χ3v) is 2.39. The summed E-state index contributed by atoms with van der Waals surface area (Å²) >= 11 is 5.79. The molecular weight excluding hydrogens is 241 g/mol. The SMILES string of the molecule is Oc1ccc(Cl)cc1C=Nc1cccc(F)c1. The summed E-state index contributed by atoms with van der Waals surface area (Å²) in [6.07, 6.45) is 1.44. The lowest BCUT2D eigenvalue weighted by atomic mass is 10.2. The molecule has 86 valence electrons. The van der Waals surface area contributed by atoms with Crippen LogP contribution in [0.5, 0.6) is 5.75 Å². The minimum Gasteiger partial charge on any atom is -0.507 e. The summed E-state index contributed by atoms with van der Waals surface area (Å²) in [4.78, 5) is 4.06.